The molecule has 2 amide bonds. The summed E-state index contributed by atoms with van der Waals surface area (Å²) in [5, 5.41) is 15.9. The first-order valence-corrected chi connectivity index (χ1v) is 8.90. The number of methoxy groups -OCH3 is 1. The van der Waals surface area contributed by atoms with Crippen molar-refractivity contribution in [2.75, 3.05) is 17.7 Å². The molecule has 3 aromatic rings. The van der Waals surface area contributed by atoms with E-state index >= 15 is 0 Å². The first-order valence-electron chi connectivity index (χ1n) is 8.02. The molecule has 1 aromatic heterocycles. The fourth-order valence-corrected chi connectivity index (χ4v) is 2.92. The van der Waals surface area contributed by atoms with Crippen LogP contribution < -0.4 is 15.4 Å². The maximum atomic E-state index is 12.3. The van der Waals surface area contributed by atoms with Gasteiger partial charge in [-0.2, -0.15) is 0 Å². The van der Waals surface area contributed by atoms with Crippen molar-refractivity contribution in [3.05, 3.63) is 70.7 Å². The minimum atomic E-state index is -1.05. The molecule has 1 heterocycles. The number of nitrogens with zero attached hydrogens (tertiary/aromatic N) is 1. The highest BCUT2D eigenvalue weighted by molar-refractivity contribution is 7.14. The smallest absolute Gasteiger partial charge is 0.335 e. The molecule has 0 atom stereocenters. The van der Waals surface area contributed by atoms with E-state index in [1.807, 2.05) is 0 Å². The van der Waals surface area contributed by atoms with Crippen LogP contribution in [0, 0.1) is 0 Å². The lowest BCUT2D eigenvalue weighted by atomic mass is 10.2. The second-order valence-electron chi connectivity index (χ2n) is 5.56. The number of carboxylic acid groups (broad SMARTS) is 1. The number of hydrogen-bond donors (Lipinski definition) is 3. The molecule has 0 saturated carbocycles. The molecule has 0 bridgehead atoms. The highest BCUT2D eigenvalue weighted by Gasteiger charge is 2.14. The fourth-order valence-electron chi connectivity index (χ4n) is 2.24. The van der Waals surface area contributed by atoms with Crippen molar-refractivity contribution in [1.29, 1.82) is 0 Å². The van der Waals surface area contributed by atoms with Gasteiger partial charge in [0.25, 0.3) is 11.8 Å². The molecule has 0 radical (unpaired) electrons. The van der Waals surface area contributed by atoms with E-state index in [1.54, 1.807) is 24.3 Å². The summed E-state index contributed by atoms with van der Waals surface area (Å²) in [6, 6.07) is 12.3. The average molecular weight is 397 g/mol. The number of nitrogens with one attached hydrogen (secondary N) is 2. The third-order valence-electron chi connectivity index (χ3n) is 3.70. The molecule has 0 fully saturated rings. The normalized spacial score (nSPS) is 10.2. The first kappa shape index (κ1) is 19.1. The standard InChI is InChI=1S/C19H15N3O5S/c1-27-14-8-4-11(5-9-14)16(23)22-19-21-15(10-28-19)17(24)20-13-6-2-12(3-7-13)18(25)26/h2-10H,1H3,(H,20,24)(H,25,26)(H,21,22,23). The Hall–Kier alpha value is -3.72. The summed E-state index contributed by atoms with van der Waals surface area (Å²) in [5.74, 6) is -1.23. The van der Waals surface area contributed by atoms with Gasteiger partial charge in [-0.05, 0) is 48.5 Å². The van der Waals surface area contributed by atoms with E-state index in [4.69, 9.17) is 9.84 Å². The van der Waals surface area contributed by atoms with Gasteiger partial charge in [-0.15, -0.1) is 11.3 Å². The number of rotatable bonds is 6. The second-order valence-corrected chi connectivity index (χ2v) is 6.42. The number of amides is 2. The van der Waals surface area contributed by atoms with E-state index in [0.717, 1.165) is 11.3 Å². The predicted octanol–water partition coefficient (Wildman–Crippen LogP) is 3.35. The van der Waals surface area contributed by atoms with Gasteiger partial charge in [0.05, 0.1) is 12.7 Å². The number of hydrogen-bond acceptors (Lipinski definition) is 6. The summed E-state index contributed by atoms with van der Waals surface area (Å²) < 4.78 is 5.05. The zero-order valence-electron chi connectivity index (χ0n) is 14.6. The van der Waals surface area contributed by atoms with E-state index in [-0.39, 0.29) is 22.3 Å². The van der Waals surface area contributed by atoms with Gasteiger partial charge in [0.2, 0.25) is 0 Å². The number of aromatic carboxylic acids is 1. The van der Waals surface area contributed by atoms with Gasteiger partial charge in [0, 0.05) is 16.6 Å². The molecule has 9 heteroatoms. The van der Waals surface area contributed by atoms with Crippen LogP contribution in [0.15, 0.2) is 53.9 Å². The Morgan fingerprint density at radius 3 is 2.18 bits per heavy atom. The van der Waals surface area contributed by atoms with E-state index in [0.29, 0.717) is 17.0 Å². The third-order valence-corrected chi connectivity index (χ3v) is 4.46. The second kappa shape index (κ2) is 8.31. The van der Waals surface area contributed by atoms with E-state index in [2.05, 4.69) is 15.6 Å². The van der Waals surface area contributed by atoms with Crippen LogP contribution in [0.25, 0.3) is 0 Å². The number of anilines is 2. The SMILES string of the molecule is COc1ccc(C(=O)Nc2nc(C(=O)Nc3ccc(C(=O)O)cc3)cs2)cc1. The molecule has 0 spiro atoms. The Bertz CT molecular complexity index is 1010. The van der Waals surface area contributed by atoms with Crippen molar-refractivity contribution >= 4 is 39.9 Å². The van der Waals surface area contributed by atoms with Crippen LogP contribution in [0.1, 0.15) is 31.2 Å². The number of carbonyl (C=O) groups is 3. The van der Waals surface area contributed by atoms with E-state index in [9.17, 15) is 14.4 Å². The summed E-state index contributed by atoms with van der Waals surface area (Å²) in [4.78, 5) is 39.5. The molecular formula is C19H15N3O5S. The number of benzene rings is 2. The lowest BCUT2D eigenvalue weighted by Gasteiger charge is -2.04. The average Bonchev–Trinajstić information content (AvgIpc) is 3.17. The quantitative estimate of drug-likeness (QED) is 0.587. The van der Waals surface area contributed by atoms with Gasteiger partial charge >= 0.3 is 5.97 Å². The molecule has 0 aliphatic carbocycles. The number of carbonyl (C=O) groups excluding carboxylic acids is 2. The van der Waals surface area contributed by atoms with Crippen LogP contribution in [0.2, 0.25) is 0 Å². The molecule has 8 nitrogen and oxygen atoms in total. The molecule has 0 aliphatic rings. The van der Waals surface area contributed by atoms with Crippen molar-refractivity contribution < 1.29 is 24.2 Å². The lowest BCUT2D eigenvalue weighted by Crippen LogP contribution is -2.14. The van der Waals surface area contributed by atoms with E-state index < -0.39 is 11.9 Å². The van der Waals surface area contributed by atoms with Gasteiger partial charge in [-0.3, -0.25) is 14.9 Å². The van der Waals surface area contributed by atoms with Crippen LogP contribution in [0.4, 0.5) is 10.8 Å². The summed E-state index contributed by atoms with van der Waals surface area (Å²) in [7, 11) is 1.54. The lowest BCUT2D eigenvalue weighted by molar-refractivity contribution is 0.0696. The Morgan fingerprint density at radius 1 is 0.929 bits per heavy atom. The topological polar surface area (TPSA) is 118 Å². The van der Waals surface area contributed by atoms with Crippen molar-refractivity contribution in [1.82, 2.24) is 4.98 Å². The largest absolute Gasteiger partial charge is 0.497 e. The maximum absolute atomic E-state index is 12.3. The number of ether oxygens (including phenoxy) is 1. The van der Waals surface area contributed by atoms with Crippen LogP contribution in [-0.2, 0) is 0 Å². The van der Waals surface area contributed by atoms with Gasteiger partial charge < -0.3 is 15.2 Å². The molecule has 0 unspecified atom stereocenters. The predicted molar refractivity (Wildman–Crippen MR) is 104 cm³/mol. The van der Waals surface area contributed by atoms with Gasteiger partial charge in [-0.1, -0.05) is 0 Å². The van der Waals surface area contributed by atoms with E-state index in [1.165, 1.54) is 36.8 Å². The number of thiazole rings is 1. The minimum Gasteiger partial charge on any atom is -0.497 e. The molecule has 28 heavy (non-hydrogen) atoms. The Labute approximate surface area is 163 Å². The van der Waals surface area contributed by atoms with Crippen molar-refractivity contribution in [2.24, 2.45) is 0 Å². The molecule has 142 valence electrons. The Kier molecular flexibility index (Phi) is 5.66. The van der Waals surface area contributed by atoms with Gasteiger partial charge in [-0.25, -0.2) is 9.78 Å². The zero-order chi connectivity index (χ0) is 20.1. The first-order chi connectivity index (χ1) is 13.5. The molecule has 3 rings (SSSR count). The number of carboxylic acids is 1. The third kappa shape index (κ3) is 4.51. The van der Waals surface area contributed by atoms with Crippen molar-refractivity contribution in [2.45, 2.75) is 0 Å². The number of aromatic nitrogens is 1. The van der Waals surface area contributed by atoms with Gasteiger partial charge in [0.15, 0.2) is 5.13 Å². The van der Waals surface area contributed by atoms with Crippen LogP contribution >= 0.6 is 11.3 Å². The molecule has 0 aliphatic heterocycles. The highest BCUT2D eigenvalue weighted by atomic mass is 32.1. The summed E-state index contributed by atoms with van der Waals surface area (Å²) in [6.07, 6.45) is 0. The molecule has 3 N–H and O–H groups in total. The van der Waals surface area contributed by atoms with Gasteiger partial charge in [0.1, 0.15) is 11.4 Å². The maximum Gasteiger partial charge on any atom is 0.335 e. The minimum absolute atomic E-state index is 0.121. The fraction of sp³-hybridized carbons (Fsp3) is 0.0526. The highest BCUT2D eigenvalue weighted by Crippen LogP contribution is 2.19. The van der Waals surface area contributed by atoms with Crippen LogP contribution in [0.3, 0.4) is 0 Å². The Balaban J connectivity index is 1.63. The molecule has 2 aromatic carbocycles. The monoisotopic (exact) mass is 397 g/mol. The summed E-state index contributed by atoms with van der Waals surface area (Å²) in [5.41, 5.74) is 1.12. The Morgan fingerprint density at radius 2 is 1.57 bits per heavy atom. The molecular weight excluding hydrogens is 382 g/mol. The zero-order valence-corrected chi connectivity index (χ0v) is 15.4. The van der Waals surface area contributed by atoms with Crippen molar-refractivity contribution in [3.63, 3.8) is 0 Å². The summed E-state index contributed by atoms with van der Waals surface area (Å²) >= 11 is 1.12. The summed E-state index contributed by atoms with van der Waals surface area (Å²) in [6.45, 7) is 0. The van der Waals surface area contributed by atoms with Crippen LogP contribution in [-0.4, -0.2) is 35.0 Å². The van der Waals surface area contributed by atoms with Crippen LogP contribution in [0.5, 0.6) is 5.75 Å². The molecule has 0 saturated heterocycles. The van der Waals surface area contributed by atoms with Crippen molar-refractivity contribution in [3.8, 4) is 5.75 Å².